The van der Waals surface area contributed by atoms with Crippen LogP contribution in [0.15, 0.2) is 35.2 Å². The standard InChI is InChI=1S/C12H14O2S/c1-14-12(13)9-7-11(8-9)15-10-5-3-2-4-6-10/h2-6,9,11H,7-8H2,1H3. The van der Waals surface area contributed by atoms with Gasteiger partial charge in [-0.2, -0.15) is 0 Å². The van der Waals surface area contributed by atoms with E-state index in [1.54, 1.807) is 0 Å². The number of carbonyl (C=O) groups is 1. The van der Waals surface area contributed by atoms with Gasteiger partial charge in [0.25, 0.3) is 0 Å². The van der Waals surface area contributed by atoms with Crippen LogP contribution < -0.4 is 0 Å². The van der Waals surface area contributed by atoms with Crippen molar-refractivity contribution in [3.63, 3.8) is 0 Å². The molecule has 0 heterocycles. The van der Waals surface area contributed by atoms with E-state index in [0.29, 0.717) is 5.25 Å². The van der Waals surface area contributed by atoms with E-state index >= 15 is 0 Å². The fraction of sp³-hybridized carbons (Fsp3) is 0.417. The number of esters is 1. The maximum Gasteiger partial charge on any atom is 0.308 e. The third kappa shape index (κ3) is 2.53. The van der Waals surface area contributed by atoms with Gasteiger partial charge in [0, 0.05) is 10.1 Å². The minimum absolute atomic E-state index is 0.0556. The summed E-state index contributed by atoms with van der Waals surface area (Å²) in [5.74, 6) is 0.0797. The number of methoxy groups -OCH3 is 1. The minimum Gasteiger partial charge on any atom is -0.469 e. The molecule has 1 fully saturated rings. The summed E-state index contributed by atoms with van der Waals surface area (Å²) in [6.07, 6.45) is 1.90. The number of hydrogen-bond donors (Lipinski definition) is 0. The number of rotatable bonds is 3. The van der Waals surface area contributed by atoms with Crippen molar-refractivity contribution < 1.29 is 9.53 Å². The van der Waals surface area contributed by atoms with Crippen LogP contribution in [0.4, 0.5) is 0 Å². The lowest BCUT2D eigenvalue weighted by molar-refractivity contribution is -0.147. The van der Waals surface area contributed by atoms with Gasteiger partial charge in [0.2, 0.25) is 0 Å². The number of ether oxygens (including phenoxy) is 1. The number of hydrogen-bond acceptors (Lipinski definition) is 3. The molecule has 0 saturated heterocycles. The molecule has 1 aromatic carbocycles. The maximum absolute atomic E-state index is 11.2. The van der Waals surface area contributed by atoms with Crippen molar-refractivity contribution >= 4 is 17.7 Å². The lowest BCUT2D eigenvalue weighted by atomic mass is 9.85. The second kappa shape index (κ2) is 4.71. The van der Waals surface area contributed by atoms with Crippen molar-refractivity contribution in [2.24, 2.45) is 5.92 Å². The predicted molar refractivity (Wildman–Crippen MR) is 60.8 cm³/mol. The summed E-state index contributed by atoms with van der Waals surface area (Å²) < 4.78 is 4.70. The molecule has 0 bridgehead atoms. The summed E-state index contributed by atoms with van der Waals surface area (Å²) in [5.41, 5.74) is 0. The van der Waals surface area contributed by atoms with Gasteiger partial charge >= 0.3 is 5.97 Å². The van der Waals surface area contributed by atoms with E-state index < -0.39 is 0 Å². The van der Waals surface area contributed by atoms with Gasteiger partial charge in [-0.15, -0.1) is 11.8 Å². The Morgan fingerprint density at radius 3 is 2.60 bits per heavy atom. The van der Waals surface area contributed by atoms with Crippen LogP contribution in [0.5, 0.6) is 0 Å². The lowest BCUT2D eigenvalue weighted by Gasteiger charge is -2.32. The Kier molecular flexibility index (Phi) is 3.31. The van der Waals surface area contributed by atoms with Gasteiger partial charge in [0.05, 0.1) is 13.0 Å². The van der Waals surface area contributed by atoms with Crippen molar-refractivity contribution in [3.8, 4) is 0 Å². The highest BCUT2D eigenvalue weighted by molar-refractivity contribution is 8.00. The van der Waals surface area contributed by atoms with Gasteiger partial charge in [0.1, 0.15) is 0 Å². The Balaban J connectivity index is 1.79. The van der Waals surface area contributed by atoms with Crippen molar-refractivity contribution in [1.29, 1.82) is 0 Å². The fourth-order valence-electron chi connectivity index (χ4n) is 1.71. The molecular weight excluding hydrogens is 208 g/mol. The average molecular weight is 222 g/mol. The molecule has 3 heteroatoms. The summed E-state index contributed by atoms with van der Waals surface area (Å²) in [4.78, 5) is 12.4. The van der Waals surface area contributed by atoms with Crippen molar-refractivity contribution in [2.75, 3.05) is 7.11 Å². The first-order valence-corrected chi connectivity index (χ1v) is 5.97. The molecule has 0 unspecified atom stereocenters. The van der Waals surface area contributed by atoms with E-state index in [-0.39, 0.29) is 11.9 Å². The van der Waals surface area contributed by atoms with Gasteiger partial charge in [-0.25, -0.2) is 0 Å². The van der Waals surface area contributed by atoms with Crippen LogP contribution in [0.3, 0.4) is 0 Å². The van der Waals surface area contributed by atoms with Gasteiger partial charge in [-0.1, -0.05) is 18.2 Å². The van der Waals surface area contributed by atoms with Gasteiger partial charge in [-0.05, 0) is 25.0 Å². The Bertz CT molecular complexity index is 331. The molecule has 80 valence electrons. The van der Waals surface area contributed by atoms with Crippen LogP contribution >= 0.6 is 11.8 Å². The quantitative estimate of drug-likeness (QED) is 0.736. The largest absolute Gasteiger partial charge is 0.469 e. The molecule has 0 radical (unpaired) electrons. The molecule has 2 rings (SSSR count). The normalized spacial score (nSPS) is 24.3. The number of carbonyl (C=O) groups excluding carboxylic acids is 1. The van der Waals surface area contributed by atoms with Crippen molar-refractivity contribution in [1.82, 2.24) is 0 Å². The zero-order valence-electron chi connectivity index (χ0n) is 8.68. The zero-order valence-corrected chi connectivity index (χ0v) is 9.50. The monoisotopic (exact) mass is 222 g/mol. The van der Waals surface area contributed by atoms with E-state index in [9.17, 15) is 4.79 Å². The molecule has 0 spiro atoms. The van der Waals surface area contributed by atoms with Gasteiger partial charge in [0.15, 0.2) is 0 Å². The smallest absolute Gasteiger partial charge is 0.308 e. The van der Waals surface area contributed by atoms with E-state index in [0.717, 1.165) is 12.8 Å². The Hall–Kier alpha value is -0.960. The van der Waals surface area contributed by atoms with Gasteiger partial charge in [-0.3, -0.25) is 4.79 Å². The first-order chi connectivity index (χ1) is 7.29. The topological polar surface area (TPSA) is 26.3 Å². The summed E-state index contributed by atoms with van der Waals surface area (Å²) in [6.45, 7) is 0. The molecule has 1 aliphatic carbocycles. The van der Waals surface area contributed by atoms with Crippen LogP contribution in [0.1, 0.15) is 12.8 Å². The molecule has 1 aliphatic rings. The fourth-order valence-corrected chi connectivity index (χ4v) is 3.07. The third-order valence-electron chi connectivity index (χ3n) is 2.68. The van der Waals surface area contributed by atoms with Crippen LogP contribution in [-0.2, 0) is 9.53 Å². The van der Waals surface area contributed by atoms with Crippen molar-refractivity contribution in [2.45, 2.75) is 23.0 Å². The Morgan fingerprint density at radius 1 is 1.33 bits per heavy atom. The number of thioether (sulfide) groups is 1. The molecule has 0 amide bonds. The van der Waals surface area contributed by atoms with Crippen LogP contribution in [-0.4, -0.2) is 18.3 Å². The number of benzene rings is 1. The molecule has 2 nitrogen and oxygen atoms in total. The van der Waals surface area contributed by atoms with Crippen LogP contribution in [0.2, 0.25) is 0 Å². The highest BCUT2D eigenvalue weighted by atomic mass is 32.2. The second-order valence-corrected chi connectivity index (χ2v) is 5.12. The van der Waals surface area contributed by atoms with Gasteiger partial charge < -0.3 is 4.74 Å². The minimum atomic E-state index is -0.0556. The Morgan fingerprint density at radius 2 is 2.00 bits per heavy atom. The molecule has 15 heavy (non-hydrogen) atoms. The molecule has 1 aromatic rings. The van der Waals surface area contributed by atoms with E-state index in [4.69, 9.17) is 4.74 Å². The molecule has 0 aliphatic heterocycles. The van der Waals surface area contributed by atoms with Crippen LogP contribution in [0, 0.1) is 5.92 Å². The molecule has 1 saturated carbocycles. The van der Waals surface area contributed by atoms with E-state index in [2.05, 4.69) is 12.1 Å². The molecule has 0 aromatic heterocycles. The summed E-state index contributed by atoms with van der Waals surface area (Å²) in [6, 6.07) is 10.3. The van der Waals surface area contributed by atoms with Crippen molar-refractivity contribution in [3.05, 3.63) is 30.3 Å². The summed E-state index contributed by atoms with van der Waals surface area (Å²) in [7, 11) is 1.46. The predicted octanol–water partition coefficient (Wildman–Crippen LogP) is 2.73. The molecule has 0 atom stereocenters. The van der Waals surface area contributed by atoms with Crippen LogP contribution in [0.25, 0.3) is 0 Å². The first kappa shape index (κ1) is 10.6. The maximum atomic E-state index is 11.2. The zero-order chi connectivity index (χ0) is 10.7. The van der Waals surface area contributed by atoms with E-state index in [1.165, 1.54) is 12.0 Å². The SMILES string of the molecule is COC(=O)C1CC(Sc2ccccc2)C1. The highest BCUT2D eigenvalue weighted by Crippen LogP contribution is 2.40. The Labute approximate surface area is 94.0 Å². The molecule has 0 N–H and O–H groups in total. The van der Waals surface area contributed by atoms with E-state index in [1.807, 2.05) is 30.0 Å². The summed E-state index contributed by atoms with van der Waals surface area (Å²) in [5, 5.41) is 0.580. The second-order valence-electron chi connectivity index (χ2n) is 3.74. The highest BCUT2D eigenvalue weighted by Gasteiger charge is 2.35. The molecular formula is C12H14O2S. The summed E-state index contributed by atoms with van der Waals surface area (Å²) >= 11 is 1.85. The average Bonchev–Trinajstić information content (AvgIpc) is 2.23. The third-order valence-corrected chi connectivity index (χ3v) is 3.94. The first-order valence-electron chi connectivity index (χ1n) is 5.09. The lowest BCUT2D eigenvalue weighted by Crippen LogP contribution is -2.33.